The summed E-state index contributed by atoms with van der Waals surface area (Å²) in [5, 5.41) is 26.5. The number of aromatic amines is 2. The van der Waals surface area contributed by atoms with Gasteiger partial charge in [-0.3, -0.25) is 24.2 Å². The first-order valence-electron chi connectivity index (χ1n) is 26.7. The molecule has 3 amide bonds. The molecule has 6 aromatic rings. The Hall–Kier alpha value is -6.29. The summed E-state index contributed by atoms with van der Waals surface area (Å²) >= 11 is 3.17. The molecule has 6 rings (SSSR count). The first-order valence-corrected chi connectivity index (χ1v) is 29.5. The molecule has 0 saturated carbocycles. The van der Waals surface area contributed by atoms with E-state index in [9.17, 15) is 29.1 Å². The third kappa shape index (κ3) is 19.9. The number of amides is 3. The predicted molar refractivity (Wildman–Crippen MR) is 314 cm³/mol. The Morgan fingerprint density at radius 3 is 1.68 bits per heavy atom. The molecule has 4 aromatic carbocycles. The lowest BCUT2D eigenvalue weighted by Crippen LogP contribution is -2.52. The van der Waals surface area contributed by atoms with Gasteiger partial charge in [-0.25, -0.2) is 19.6 Å². The number of nitrogens with zero attached hydrogens (tertiary/aromatic N) is 4. The van der Waals surface area contributed by atoms with Crippen molar-refractivity contribution in [1.82, 2.24) is 51.0 Å². The molecule has 0 aliphatic carbocycles. The molecule has 6 unspecified atom stereocenters. The number of aliphatic carboxylic acids is 1. The van der Waals surface area contributed by atoms with Gasteiger partial charge in [0, 0.05) is 57.2 Å². The maximum Gasteiger partial charge on any atom is 0.328 e. The molecule has 422 valence electrons. The second kappa shape index (κ2) is 33.2. The van der Waals surface area contributed by atoms with Crippen molar-refractivity contribution in [3.63, 3.8) is 0 Å². The van der Waals surface area contributed by atoms with E-state index < -0.39 is 30.1 Å². The molecule has 0 spiro atoms. The van der Waals surface area contributed by atoms with Crippen LogP contribution in [0.4, 0.5) is 0 Å². The highest BCUT2D eigenvalue weighted by atomic mass is 32.2. The van der Waals surface area contributed by atoms with Crippen molar-refractivity contribution in [3.8, 4) is 0 Å². The number of carboxylic acid groups (broad SMARTS) is 1. The zero-order chi connectivity index (χ0) is 56.4. The minimum atomic E-state index is -1.06. The topological polar surface area (TPSA) is 253 Å². The molecule has 9 N–H and O–H groups in total. The zero-order valence-corrected chi connectivity index (χ0v) is 47.8. The lowest BCUT2D eigenvalue weighted by Gasteiger charge is -2.32. The van der Waals surface area contributed by atoms with Crippen LogP contribution in [0.1, 0.15) is 81.9 Å². The number of aromatic nitrogens is 4. The lowest BCUT2D eigenvalue weighted by atomic mass is 9.97. The molecular formula is C58H81N11O7S2. The Labute approximate surface area is 468 Å². The molecule has 0 aliphatic heterocycles. The quantitative estimate of drug-likeness (QED) is 0.0200. The number of thioether (sulfide) groups is 2. The van der Waals surface area contributed by atoms with Gasteiger partial charge in [0.1, 0.15) is 18.1 Å². The second-order valence-corrected chi connectivity index (χ2v) is 21.7. The molecule has 2 heterocycles. The summed E-state index contributed by atoms with van der Waals surface area (Å²) in [5.74, 6) is -0.532. The highest BCUT2D eigenvalue weighted by molar-refractivity contribution is 7.98. The Morgan fingerprint density at radius 2 is 1.18 bits per heavy atom. The summed E-state index contributed by atoms with van der Waals surface area (Å²) in [5.41, 5.74) is 9.75. The fraction of sp³-hybridized carbons (Fsp3) is 0.466. The van der Waals surface area contributed by atoms with E-state index in [-0.39, 0.29) is 48.8 Å². The molecule has 18 nitrogen and oxygen atoms in total. The van der Waals surface area contributed by atoms with Gasteiger partial charge >= 0.3 is 11.9 Å². The highest BCUT2D eigenvalue weighted by Gasteiger charge is 2.29. The first kappa shape index (κ1) is 62.6. The SMILES string of the molecule is CCC(C)C(CN(CC(=O)NC(CCSC)C(=O)O)Cc1cccc2ccccc12)NC(=O)[C@@H](N)c1c[nH]cn1.CCC(C)C(CN(CC(=O)NC(CCSC)C(=O)OC)Cc1cccc2ccccc12)NCc1c[nH]cn1. The summed E-state index contributed by atoms with van der Waals surface area (Å²) < 4.78 is 4.94. The Kier molecular flexibility index (Phi) is 26.6. The van der Waals surface area contributed by atoms with Crippen molar-refractivity contribution in [1.29, 1.82) is 0 Å². The van der Waals surface area contributed by atoms with Crippen molar-refractivity contribution in [2.45, 2.75) is 103 Å². The average molecular weight is 1110 g/mol. The molecule has 0 radical (unpaired) electrons. The van der Waals surface area contributed by atoms with Gasteiger partial charge in [0.25, 0.3) is 0 Å². The Bertz CT molecular complexity index is 2760. The number of carbonyl (C=O) groups is 5. The van der Waals surface area contributed by atoms with Crippen LogP contribution in [0.3, 0.4) is 0 Å². The van der Waals surface area contributed by atoms with Crippen LogP contribution in [0.5, 0.6) is 0 Å². The van der Waals surface area contributed by atoms with Crippen LogP contribution in [0, 0.1) is 11.8 Å². The summed E-state index contributed by atoms with van der Waals surface area (Å²) in [4.78, 5) is 81.9. The number of hydrogen-bond acceptors (Lipinski definition) is 14. The van der Waals surface area contributed by atoms with Crippen molar-refractivity contribution >= 4 is 74.7 Å². The molecule has 0 aliphatic rings. The summed E-state index contributed by atoms with van der Waals surface area (Å²) in [6, 6.07) is 26.0. The van der Waals surface area contributed by atoms with E-state index >= 15 is 0 Å². The molecule has 20 heteroatoms. The van der Waals surface area contributed by atoms with Crippen LogP contribution in [-0.2, 0) is 48.3 Å². The predicted octanol–water partition coefficient (Wildman–Crippen LogP) is 6.90. The van der Waals surface area contributed by atoms with Crippen molar-refractivity contribution in [3.05, 3.63) is 132 Å². The smallest absolute Gasteiger partial charge is 0.328 e. The van der Waals surface area contributed by atoms with Crippen LogP contribution in [0.15, 0.2) is 110 Å². The largest absolute Gasteiger partial charge is 0.480 e. The molecule has 2 aromatic heterocycles. The van der Waals surface area contributed by atoms with Crippen LogP contribution >= 0.6 is 23.5 Å². The number of methoxy groups -OCH3 is 1. The number of esters is 1. The Balaban J connectivity index is 0.000000288. The molecular weight excluding hydrogens is 1030 g/mol. The molecule has 0 bridgehead atoms. The fourth-order valence-corrected chi connectivity index (χ4v) is 10.1. The van der Waals surface area contributed by atoms with Crippen LogP contribution in [-0.4, -0.2) is 146 Å². The van der Waals surface area contributed by atoms with Gasteiger partial charge in [0.05, 0.1) is 44.2 Å². The Morgan fingerprint density at radius 1 is 0.679 bits per heavy atom. The van der Waals surface area contributed by atoms with Crippen LogP contribution < -0.4 is 27.0 Å². The van der Waals surface area contributed by atoms with Crippen molar-refractivity contribution in [2.75, 3.05) is 57.3 Å². The van der Waals surface area contributed by atoms with E-state index in [1.807, 2.05) is 92.1 Å². The molecule has 78 heavy (non-hydrogen) atoms. The van der Waals surface area contributed by atoms with E-state index in [0.717, 1.165) is 46.2 Å². The summed E-state index contributed by atoms with van der Waals surface area (Å²) in [6.45, 7) is 11.4. The molecule has 0 fully saturated rings. The van der Waals surface area contributed by atoms with Crippen LogP contribution in [0.25, 0.3) is 21.5 Å². The van der Waals surface area contributed by atoms with Crippen molar-refractivity contribution in [2.24, 2.45) is 17.6 Å². The van der Waals surface area contributed by atoms with E-state index in [2.05, 4.69) is 90.3 Å². The standard InChI is InChI=1S/C29H40N6O4S.C29H41N5O3S/c1-4-19(2)25(34-28(37)27(30)24-14-31-18-32-24)16-35(17-26(36)33-23(29(38)39)12-13-40-3)15-21-10-7-9-20-8-5-6-11-22(20)21;1-5-21(2)27(31-16-24-15-30-20-32-24)18-34(17-23-11-8-10-22-9-6-7-12-25(22)23)19-28(35)33-26(13-14-38-4)29(36)37-3/h5-11,14,18-19,23,25,27H,4,12-13,15-17,30H2,1-3H3,(H,31,32)(H,33,36)(H,34,37)(H,38,39);6-12,15,20-21,26-27,31H,5,13-14,16-19H2,1-4H3,(H,30,32)(H,33,35)/t19?,23?,25?,27-;/m0./s1. The maximum atomic E-state index is 13.3. The molecule has 0 saturated heterocycles. The van der Waals surface area contributed by atoms with Crippen molar-refractivity contribution < 1.29 is 33.8 Å². The van der Waals surface area contributed by atoms with Crippen LogP contribution in [0.2, 0.25) is 0 Å². The number of imidazole rings is 2. The highest BCUT2D eigenvalue weighted by Crippen LogP contribution is 2.23. The fourth-order valence-electron chi connectivity index (χ4n) is 9.13. The van der Waals surface area contributed by atoms with Gasteiger partial charge in [-0.15, -0.1) is 0 Å². The maximum absolute atomic E-state index is 13.3. The molecule has 7 atom stereocenters. The second-order valence-electron chi connectivity index (χ2n) is 19.7. The third-order valence-electron chi connectivity index (χ3n) is 14.1. The van der Waals surface area contributed by atoms with Gasteiger partial charge in [-0.05, 0) is 81.4 Å². The van der Waals surface area contributed by atoms with E-state index in [1.165, 1.54) is 36.0 Å². The number of nitrogens with two attached hydrogens (primary N) is 1. The first-order chi connectivity index (χ1) is 37.7. The number of fused-ring (bicyclic) bond motifs is 2. The summed E-state index contributed by atoms with van der Waals surface area (Å²) in [6.07, 6.45) is 13.2. The number of benzene rings is 4. The minimum Gasteiger partial charge on any atom is -0.480 e. The van der Waals surface area contributed by atoms with Gasteiger partial charge in [0.2, 0.25) is 17.7 Å². The number of H-pyrrole nitrogens is 2. The third-order valence-corrected chi connectivity index (χ3v) is 15.4. The zero-order valence-electron chi connectivity index (χ0n) is 46.2. The monoisotopic (exact) mass is 1110 g/mol. The van der Waals surface area contributed by atoms with Gasteiger partial charge in [-0.2, -0.15) is 23.5 Å². The summed E-state index contributed by atoms with van der Waals surface area (Å²) in [7, 11) is 1.36. The van der Waals surface area contributed by atoms with Gasteiger partial charge in [0.15, 0.2) is 0 Å². The van der Waals surface area contributed by atoms with E-state index in [1.54, 1.807) is 24.3 Å². The normalized spacial score (nSPS) is 14.1. The number of carbonyl (C=O) groups excluding carboxylic acids is 4. The number of ether oxygens (including phenoxy) is 1. The number of hydrogen-bond donors (Lipinski definition) is 8. The van der Waals surface area contributed by atoms with E-state index in [0.29, 0.717) is 62.9 Å². The number of nitrogens with one attached hydrogen (secondary N) is 6. The van der Waals surface area contributed by atoms with Gasteiger partial charge < -0.3 is 46.8 Å². The van der Waals surface area contributed by atoms with Gasteiger partial charge in [-0.1, -0.05) is 125 Å². The number of rotatable bonds is 32. The van der Waals surface area contributed by atoms with E-state index in [4.69, 9.17) is 10.5 Å². The lowest BCUT2D eigenvalue weighted by molar-refractivity contribution is -0.145. The number of carboxylic acids is 1. The minimum absolute atomic E-state index is 0.0273. The average Bonchev–Trinajstić information content (AvgIpc) is 4.20.